The third kappa shape index (κ3) is 6.53. The van der Waals surface area contributed by atoms with E-state index in [1.54, 1.807) is 0 Å². The molecule has 0 fully saturated rings. The summed E-state index contributed by atoms with van der Waals surface area (Å²) in [6.45, 7) is 0. The number of nitrogens with zero attached hydrogens (tertiary/aromatic N) is 1. The number of allylic oxidation sites excluding steroid dienone is 4. The maximum absolute atomic E-state index is 2.51. The molecular formula is C66H47N. The van der Waals surface area contributed by atoms with Gasteiger partial charge in [-0.1, -0.05) is 218 Å². The van der Waals surface area contributed by atoms with Gasteiger partial charge in [0.1, 0.15) is 0 Å². The Balaban J connectivity index is 0.966. The SMILES string of the molecule is C1=Cc2c(c(-c3ccccc3)c3ccccc3c2-c2ccc(N(C3=CC[C@H](c4c5ccccc5c(-c5ccccc5)c5ccccc45)C=C3)c3cc4ccccc4c4ccccc34)cc2)CC1. The highest BCUT2D eigenvalue weighted by Gasteiger charge is 2.26. The van der Waals surface area contributed by atoms with Gasteiger partial charge in [0.2, 0.25) is 0 Å². The molecule has 0 N–H and O–H groups in total. The third-order valence-electron chi connectivity index (χ3n) is 14.4. The van der Waals surface area contributed by atoms with E-state index in [-0.39, 0.29) is 5.92 Å². The summed E-state index contributed by atoms with van der Waals surface area (Å²) in [6, 6.07) is 78.5. The first-order valence-corrected chi connectivity index (χ1v) is 23.8. The zero-order chi connectivity index (χ0) is 44.3. The van der Waals surface area contributed by atoms with Crippen LogP contribution < -0.4 is 4.90 Å². The zero-order valence-corrected chi connectivity index (χ0v) is 37.2. The fourth-order valence-corrected chi connectivity index (χ4v) is 11.5. The fourth-order valence-electron chi connectivity index (χ4n) is 11.5. The van der Waals surface area contributed by atoms with Gasteiger partial charge in [0, 0.05) is 22.7 Å². The van der Waals surface area contributed by atoms with Gasteiger partial charge in [-0.3, -0.25) is 0 Å². The van der Waals surface area contributed by atoms with E-state index in [4.69, 9.17) is 0 Å². The number of rotatable bonds is 7. The van der Waals surface area contributed by atoms with Crippen molar-refractivity contribution in [1.82, 2.24) is 0 Å². The monoisotopic (exact) mass is 853 g/mol. The Hall–Kier alpha value is -8.26. The van der Waals surface area contributed by atoms with Gasteiger partial charge in [-0.25, -0.2) is 0 Å². The molecule has 1 nitrogen and oxygen atoms in total. The van der Waals surface area contributed by atoms with E-state index in [1.165, 1.54) is 115 Å². The lowest BCUT2D eigenvalue weighted by molar-refractivity contribution is 0.854. The average molecular weight is 854 g/mol. The maximum atomic E-state index is 2.51. The summed E-state index contributed by atoms with van der Waals surface area (Å²) < 4.78 is 0. The van der Waals surface area contributed by atoms with Crippen molar-refractivity contribution in [2.24, 2.45) is 0 Å². The molecular weight excluding hydrogens is 807 g/mol. The molecule has 0 saturated heterocycles. The summed E-state index contributed by atoms with van der Waals surface area (Å²) in [4.78, 5) is 2.51. The van der Waals surface area contributed by atoms with Crippen molar-refractivity contribution in [3.05, 3.63) is 259 Å². The summed E-state index contributed by atoms with van der Waals surface area (Å²) in [5.41, 5.74) is 15.4. The van der Waals surface area contributed by atoms with E-state index in [0.29, 0.717) is 0 Å². The number of hydrogen-bond acceptors (Lipinski definition) is 1. The summed E-state index contributed by atoms with van der Waals surface area (Å²) in [5, 5.41) is 12.8. The van der Waals surface area contributed by atoms with E-state index in [1.807, 2.05) is 0 Å². The second kappa shape index (κ2) is 16.3. The van der Waals surface area contributed by atoms with Crippen LogP contribution in [0.2, 0.25) is 0 Å². The molecule has 0 radical (unpaired) electrons. The topological polar surface area (TPSA) is 3.24 Å². The van der Waals surface area contributed by atoms with Gasteiger partial charge < -0.3 is 4.90 Å². The highest BCUT2D eigenvalue weighted by Crippen LogP contribution is 2.48. The zero-order valence-electron chi connectivity index (χ0n) is 37.2. The smallest absolute Gasteiger partial charge is 0.0546 e. The molecule has 0 unspecified atom stereocenters. The minimum Gasteiger partial charge on any atom is -0.310 e. The van der Waals surface area contributed by atoms with Gasteiger partial charge >= 0.3 is 0 Å². The van der Waals surface area contributed by atoms with Crippen LogP contribution in [-0.2, 0) is 6.42 Å². The molecule has 1 heteroatoms. The van der Waals surface area contributed by atoms with Crippen LogP contribution in [0.4, 0.5) is 11.4 Å². The quantitative estimate of drug-likeness (QED) is 0.114. The van der Waals surface area contributed by atoms with Crippen LogP contribution >= 0.6 is 0 Å². The Morgan fingerprint density at radius 3 is 1.54 bits per heavy atom. The van der Waals surface area contributed by atoms with E-state index in [0.717, 1.165) is 24.9 Å². The lowest BCUT2D eigenvalue weighted by atomic mass is 9.80. The van der Waals surface area contributed by atoms with Gasteiger partial charge in [0.15, 0.2) is 0 Å². The molecule has 0 saturated carbocycles. The Bertz CT molecular complexity index is 3760. The van der Waals surface area contributed by atoms with Gasteiger partial charge in [-0.15, -0.1) is 0 Å². The highest BCUT2D eigenvalue weighted by molar-refractivity contribution is 6.17. The highest BCUT2D eigenvalue weighted by atomic mass is 15.1. The van der Waals surface area contributed by atoms with Crippen LogP contribution in [0.3, 0.4) is 0 Å². The first-order chi connectivity index (χ1) is 33.3. The van der Waals surface area contributed by atoms with Crippen molar-refractivity contribution in [2.45, 2.75) is 25.2 Å². The van der Waals surface area contributed by atoms with Gasteiger partial charge in [0.25, 0.3) is 0 Å². The average Bonchev–Trinajstić information content (AvgIpc) is 3.40. The largest absolute Gasteiger partial charge is 0.310 e. The van der Waals surface area contributed by atoms with Crippen LogP contribution in [0.5, 0.6) is 0 Å². The molecule has 67 heavy (non-hydrogen) atoms. The second-order valence-electron chi connectivity index (χ2n) is 18.1. The number of fused-ring (bicyclic) bond motifs is 7. The number of anilines is 2. The Morgan fingerprint density at radius 2 is 0.910 bits per heavy atom. The van der Waals surface area contributed by atoms with E-state index < -0.39 is 0 Å². The Labute approximate surface area is 391 Å². The van der Waals surface area contributed by atoms with E-state index in [9.17, 15) is 0 Å². The van der Waals surface area contributed by atoms with E-state index in [2.05, 4.69) is 248 Å². The molecule has 0 amide bonds. The summed E-state index contributed by atoms with van der Waals surface area (Å²) >= 11 is 0. The van der Waals surface area contributed by atoms with Gasteiger partial charge in [-0.2, -0.15) is 0 Å². The summed E-state index contributed by atoms with van der Waals surface area (Å²) in [5.74, 6) is 0.201. The van der Waals surface area contributed by atoms with Crippen molar-refractivity contribution in [3.8, 4) is 33.4 Å². The first kappa shape index (κ1) is 39.1. The molecule has 13 rings (SSSR count). The second-order valence-corrected chi connectivity index (χ2v) is 18.1. The van der Waals surface area contributed by atoms with Crippen molar-refractivity contribution < 1.29 is 0 Å². The molecule has 2 aliphatic rings. The molecule has 0 aromatic heterocycles. The molecule has 11 aromatic carbocycles. The predicted octanol–water partition coefficient (Wildman–Crippen LogP) is 18.2. The molecule has 2 aliphatic carbocycles. The molecule has 0 spiro atoms. The van der Waals surface area contributed by atoms with Crippen LogP contribution in [0.1, 0.15) is 35.4 Å². The predicted molar refractivity (Wildman–Crippen MR) is 287 cm³/mol. The standard InChI is InChI=1S/C66H47N/c1-3-19-44(20-4-1)63-54-27-11-15-31-58(54)65(59-32-16-12-28-55(59)63)46-35-39-49(40-36-46)67(62-43-48-23-7-8-24-51(48)52-25-9-10-26-53(52)62)50-41-37-47(38-42-50)66-60-33-17-13-29-56(60)64(45-21-5-2-6-22-45)57-30-14-18-34-61(57)66/h1-13,15-29,31-35,37-43,46H,14,30,36H2/t46-/m1/s1. The minimum atomic E-state index is 0.201. The van der Waals surface area contributed by atoms with Crippen molar-refractivity contribution in [1.29, 1.82) is 0 Å². The summed E-state index contributed by atoms with van der Waals surface area (Å²) in [7, 11) is 0. The molecule has 316 valence electrons. The van der Waals surface area contributed by atoms with Crippen molar-refractivity contribution >= 4 is 71.3 Å². The first-order valence-electron chi connectivity index (χ1n) is 23.8. The third-order valence-corrected chi connectivity index (χ3v) is 14.4. The molecule has 0 aliphatic heterocycles. The lowest BCUT2D eigenvalue weighted by Crippen LogP contribution is -2.18. The minimum absolute atomic E-state index is 0.201. The molecule has 0 heterocycles. The number of hydrogen-bond donors (Lipinski definition) is 0. The number of benzene rings is 11. The van der Waals surface area contributed by atoms with Crippen LogP contribution in [0.25, 0.3) is 93.3 Å². The van der Waals surface area contributed by atoms with Gasteiger partial charge in [0.05, 0.1) is 5.69 Å². The molecule has 11 aromatic rings. The van der Waals surface area contributed by atoms with Crippen LogP contribution in [0.15, 0.2) is 242 Å². The fraction of sp³-hybridized carbons (Fsp3) is 0.0606. The van der Waals surface area contributed by atoms with E-state index >= 15 is 0 Å². The van der Waals surface area contributed by atoms with Crippen molar-refractivity contribution in [2.75, 3.05) is 4.90 Å². The normalized spacial score (nSPS) is 14.5. The lowest BCUT2D eigenvalue weighted by Gasteiger charge is -2.31. The summed E-state index contributed by atoms with van der Waals surface area (Å²) in [6.07, 6.45) is 15.0. The molecule has 0 bridgehead atoms. The Kier molecular flexibility index (Phi) is 9.53. The van der Waals surface area contributed by atoms with Gasteiger partial charge in [-0.05, 0) is 142 Å². The maximum Gasteiger partial charge on any atom is 0.0546 e. The van der Waals surface area contributed by atoms with Crippen LogP contribution in [0, 0.1) is 0 Å². The van der Waals surface area contributed by atoms with Crippen molar-refractivity contribution in [3.63, 3.8) is 0 Å². The molecule has 1 atom stereocenters. The van der Waals surface area contributed by atoms with Crippen LogP contribution in [-0.4, -0.2) is 0 Å². The Morgan fingerprint density at radius 1 is 0.403 bits per heavy atom.